The van der Waals surface area contributed by atoms with Crippen LogP contribution < -0.4 is 0 Å². The van der Waals surface area contributed by atoms with Gasteiger partial charge in [-0.2, -0.15) is 27.8 Å². The molecule has 0 spiro atoms. The maximum atomic E-state index is 6.25. The van der Waals surface area contributed by atoms with Crippen LogP contribution in [-0.2, 0) is 226 Å². The fourth-order valence-electron chi connectivity index (χ4n) is 2.81. The molecular formula is C26H36Cu6N6S6W2-12. The largest absolute Gasteiger partial charge is 1.00 e. The summed E-state index contributed by atoms with van der Waals surface area (Å²) in [6.45, 7) is 50.5. The van der Waals surface area contributed by atoms with E-state index in [4.69, 9.17) is 71.0 Å². The molecule has 0 unspecified atom stereocenters. The van der Waals surface area contributed by atoms with E-state index in [-0.39, 0.29) is 226 Å². The first-order valence-electron chi connectivity index (χ1n) is 8.84. The molecule has 0 fully saturated rings. The Morgan fingerprint density at radius 3 is 0.457 bits per heavy atom. The van der Waals surface area contributed by atoms with Gasteiger partial charge in [-0.05, 0) is 0 Å². The molecule has 0 heterocycles. The number of thiol groups is 6. The zero-order chi connectivity index (χ0) is 27.8. The standard InChI is InChI=1S/2C10H15.6CN.6Cu.6H2S.2W/c2*1-6-7(2)9(4)10(5)8(6)3;6*1-2;;;;;;;;;;;;;;/h2*1-5H3;;;;;;;;;;;;;6*1H2;;/q-5;7*-1;6*+1;;;;;;;;/p-6. The summed E-state index contributed by atoms with van der Waals surface area (Å²) < 4.78 is 0. The molecule has 0 aliphatic heterocycles. The van der Waals surface area contributed by atoms with E-state index < -0.39 is 0 Å². The van der Waals surface area contributed by atoms with Gasteiger partial charge in [-0.3, -0.25) is 0 Å². The fourth-order valence-corrected chi connectivity index (χ4v) is 2.81. The van der Waals surface area contributed by atoms with Crippen molar-refractivity contribution in [1.82, 2.24) is 0 Å². The molecular weight excluding hydrogens is 1340 g/mol. The van der Waals surface area contributed by atoms with E-state index in [1.807, 2.05) is 0 Å². The Kier molecular flexibility index (Phi) is 285. The third kappa shape index (κ3) is 53.0. The smallest absolute Gasteiger partial charge is 0.813 e. The third-order valence-corrected chi connectivity index (χ3v) is 5.62. The van der Waals surface area contributed by atoms with Crippen LogP contribution in [-0.4, -0.2) is 0 Å². The number of hydrogen-bond donors (Lipinski definition) is 0. The van der Waals surface area contributed by atoms with Crippen molar-refractivity contribution in [1.29, 1.82) is 31.6 Å². The van der Waals surface area contributed by atoms with Gasteiger partial charge in [0.1, 0.15) is 0 Å². The van der Waals surface area contributed by atoms with Crippen LogP contribution >= 0.6 is 0 Å². The molecule has 0 amide bonds. The molecule has 20 heteroatoms. The van der Waals surface area contributed by atoms with E-state index in [2.05, 4.69) is 69.2 Å². The molecule has 0 saturated heterocycles. The maximum absolute atomic E-state index is 6.25. The van der Waals surface area contributed by atoms with Gasteiger partial charge in [0.05, 0.1) is 0 Å². The second-order valence-corrected chi connectivity index (χ2v) is 6.25. The van der Waals surface area contributed by atoms with Gasteiger partial charge in [0.2, 0.25) is 0 Å². The van der Waals surface area contributed by atoms with Crippen molar-refractivity contribution < 1.29 is 145 Å². The predicted octanol–water partition coefficient (Wildman–Crippen LogP) is 4.83. The summed E-state index contributed by atoms with van der Waals surface area (Å²) in [5.74, 6) is 0. The molecule has 0 aliphatic rings. The molecule has 2 aromatic rings. The normalized spacial score (nSPS) is 4.83. The Labute approximate surface area is 415 Å². The molecule has 0 radical (unpaired) electrons. The van der Waals surface area contributed by atoms with E-state index in [0.717, 1.165) is 0 Å². The monoisotopic (exact) mass is 1370 g/mol. The molecule has 0 atom stereocenters. The van der Waals surface area contributed by atoms with Crippen molar-refractivity contribution in [2.24, 2.45) is 0 Å². The van der Waals surface area contributed by atoms with Crippen molar-refractivity contribution in [3.63, 3.8) is 0 Å². The van der Waals surface area contributed by atoms with Gasteiger partial charge < -0.3 is 180 Å². The molecule has 6 nitrogen and oxygen atoms in total. The van der Waals surface area contributed by atoms with Crippen molar-refractivity contribution in [3.8, 4) is 0 Å². The van der Waals surface area contributed by atoms with E-state index in [0.29, 0.717) is 0 Å². The summed E-state index contributed by atoms with van der Waals surface area (Å²) in [6, 6.07) is 0. The number of rotatable bonds is 0. The minimum absolute atomic E-state index is 0. The van der Waals surface area contributed by atoms with Crippen molar-refractivity contribution in [2.45, 2.75) is 69.2 Å². The van der Waals surface area contributed by atoms with Gasteiger partial charge in [0, 0.05) is 42.1 Å². The number of hydrogen-bond acceptors (Lipinski definition) is 12. The Balaban J connectivity index is -0.00000000999. The zero-order valence-corrected chi connectivity index (χ0v) is 42.9. The first-order valence-corrected chi connectivity index (χ1v) is 8.84. The summed E-state index contributed by atoms with van der Waals surface area (Å²) in [5, 5.41) is 37.5. The van der Waals surface area contributed by atoms with Crippen LogP contribution in [0.25, 0.3) is 0 Å². The summed E-state index contributed by atoms with van der Waals surface area (Å²) in [6.07, 6.45) is 0. The Bertz CT molecular complexity index is 676. The molecule has 0 saturated carbocycles. The summed E-state index contributed by atoms with van der Waals surface area (Å²) in [5.41, 5.74) is 14.7. The average Bonchev–Trinajstić information content (AvgIpc) is 3.16. The maximum Gasteiger partial charge on any atom is 1.00 e. The third-order valence-electron chi connectivity index (χ3n) is 5.62. The Morgan fingerprint density at radius 1 is 0.326 bits per heavy atom. The topological polar surface area (TPSA) is 143 Å². The van der Waals surface area contributed by atoms with Crippen LogP contribution in [0.15, 0.2) is 0 Å². The van der Waals surface area contributed by atoms with Crippen LogP contribution in [0.2, 0.25) is 0 Å². The van der Waals surface area contributed by atoms with E-state index in [1.54, 1.807) is 0 Å². The molecule has 2 rings (SSSR count). The average molecular weight is 1370 g/mol. The summed E-state index contributed by atoms with van der Waals surface area (Å²) in [4.78, 5) is 0. The second-order valence-electron chi connectivity index (χ2n) is 6.25. The minimum Gasteiger partial charge on any atom is -0.813 e. The molecule has 0 bridgehead atoms. The Hall–Kier alpha value is 2.23. The van der Waals surface area contributed by atoms with E-state index in [9.17, 15) is 0 Å². The molecule has 296 valence electrons. The van der Waals surface area contributed by atoms with Gasteiger partial charge in [-0.1, -0.05) is 34.6 Å². The SMILES string of the molecule is C[c-]1[c-](C)[c-](C)[c-](C)[c-]1C.Cc1c(C)c(C)[c-](C)c1C.[C-]#N.[C-]#N.[C-]#N.[C-]#N.[C-]#N.[C-]#N.[Cu+].[Cu+].[Cu+].[Cu+].[Cu+].[Cu+].[SH-].[SH-].[SH-].[SH-].[SH-].[SH-].[W].[W]. The first kappa shape index (κ1) is 135. The van der Waals surface area contributed by atoms with Gasteiger partial charge >= 0.3 is 102 Å². The minimum atomic E-state index is 0. The summed E-state index contributed by atoms with van der Waals surface area (Å²) >= 11 is 0. The van der Waals surface area contributed by atoms with Gasteiger partial charge in [0.15, 0.2) is 0 Å². The van der Waals surface area contributed by atoms with Gasteiger partial charge in [-0.25, -0.2) is 34.6 Å². The Morgan fingerprint density at radius 2 is 0.413 bits per heavy atom. The van der Waals surface area contributed by atoms with Crippen molar-refractivity contribution in [3.05, 3.63) is 95.1 Å². The van der Waals surface area contributed by atoms with Crippen LogP contribution in [0.5, 0.6) is 0 Å². The van der Waals surface area contributed by atoms with Crippen LogP contribution in [0, 0.1) is 140 Å². The van der Waals surface area contributed by atoms with Crippen LogP contribution in [0.1, 0.15) is 55.6 Å². The van der Waals surface area contributed by atoms with Gasteiger partial charge in [0.25, 0.3) is 0 Å². The van der Waals surface area contributed by atoms with Crippen molar-refractivity contribution >= 4 is 81.0 Å². The molecule has 0 aromatic heterocycles. The number of nitrogens with zero attached hydrogens (tertiary/aromatic N) is 6. The van der Waals surface area contributed by atoms with E-state index >= 15 is 0 Å². The molecule has 46 heavy (non-hydrogen) atoms. The quantitative estimate of drug-likeness (QED) is 0.154. The predicted molar refractivity (Wildman–Crippen MR) is 174 cm³/mol. The second kappa shape index (κ2) is 97.2. The van der Waals surface area contributed by atoms with Crippen molar-refractivity contribution in [2.75, 3.05) is 0 Å². The fraction of sp³-hybridized carbons (Fsp3) is 0.385. The van der Waals surface area contributed by atoms with Crippen LogP contribution in [0.4, 0.5) is 0 Å². The van der Waals surface area contributed by atoms with Crippen LogP contribution in [0.3, 0.4) is 0 Å². The molecule has 2 aromatic carbocycles. The molecule has 0 N–H and O–H groups in total. The van der Waals surface area contributed by atoms with E-state index in [1.165, 1.54) is 55.6 Å². The summed E-state index contributed by atoms with van der Waals surface area (Å²) in [7, 11) is 0. The zero-order valence-electron chi connectivity index (χ0n) is 26.0. The first-order chi connectivity index (χ1) is 15.1. The van der Waals surface area contributed by atoms with Gasteiger partial charge in [-0.15, -0.1) is 0 Å². The molecule has 0 aliphatic carbocycles.